The number of benzene rings is 2. The summed E-state index contributed by atoms with van der Waals surface area (Å²) in [6, 6.07) is 10.8. The van der Waals surface area contributed by atoms with Crippen LogP contribution in [0.4, 0.5) is 11.4 Å². The fourth-order valence-corrected chi connectivity index (χ4v) is 2.85. The van der Waals surface area contributed by atoms with Gasteiger partial charge in [0.15, 0.2) is 0 Å². The first-order valence-corrected chi connectivity index (χ1v) is 7.47. The minimum absolute atomic E-state index is 0.0481. The zero-order valence-electron chi connectivity index (χ0n) is 11.3. The SMILES string of the molecule is C#Cc1cccc(NS(=O)(=O)c2ccc(OC)c(N)c2)c1. The van der Waals surface area contributed by atoms with Gasteiger partial charge in [-0.3, -0.25) is 4.72 Å². The maximum atomic E-state index is 12.3. The summed E-state index contributed by atoms with van der Waals surface area (Å²) in [6.07, 6.45) is 5.29. The molecule has 21 heavy (non-hydrogen) atoms. The molecule has 3 N–H and O–H groups in total. The van der Waals surface area contributed by atoms with Crippen LogP contribution in [0.3, 0.4) is 0 Å². The van der Waals surface area contributed by atoms with E-state index in [-0.39, 0.29) is 10.6 Å². The summed E-state index contributed by atoms with van der Waals surface area (Å²) in [5.74, 6) is 2.87. The molecule has 0 aromatic heterocycles. The quantitative estimate of drug-likeness (QED) is 0.669. The van der Waals surface area contributed by atoms with Crippen molar-refractivity contribution in [3.05, 3.63) is 48.0 Å². The van der Waals surface area contributed by atoms with Gasteiger partial charge in [-0.15, -0.1) is 6.42 Å². The summed E-state index contributed by atoms with van der Waals surface area (Å²) in [7, 11) is -2.28. The number of terminal acetylenes is 1. The van der Waals surface area contributed by atoms with Crippen molar-refractivity contribution in [3.8, 4) is 18.1 Å². The molecular weight excluding hydrogens is 288 g/mol. The van der Waals surface area contributed by atoms with Crippen molar-refractivity contribution in [1.82, 2.24) is 0 Å². The maximum Gasteiger partial charge on any atom is 0.261 e. The van der Waals surface area contributed by atoms with Crippen molar-refractivity contribution >= 4 is 21.4 Å². The molecule has 2 aromatic rings. The lowest BCUT2D eigenvalue weighted by atomic mass is 10.2. The van der Waals surface area contributed by atoms with E-state index < -0.39 is 10.0 Å². The zero-order valence-corrected chi connectivity index (χ0v) is 12.1. The van der Waals surface area contributed by atoms with E-state index in [1.165, 1.54) is 25.3 Å². The number of sulfonamides is 1. The molecule has 0 radical (unpaired) electrons. The summed E-state index contributed by atoms with van der Waals surface area (Å²) >= 11 is 0. The molecule has 0 heterocycles. The lowest BCUT2D eigenvalue weighted by Crippen LogP contribution is -2.13. The van der Waals surface area contributed by atoms with E-state index in [0.717, 1.165) is 0 Å². The Morgan fingerprint density at radius 1 is 1.24 bits per heavy atom. The van der Waals surface area contributed by atoms with Gasteiger partial charge < -0.3 is 10.5 Å². The summed E-state index contributed by atoms with van der Waals surface area (Å²) in [5, 5.41) is 0. The third kappa shape index (κ3) is 3.27. The Bertz CT molecular complexity index is 808. The van der Waals surface area contributed by atoms with Crippen molar-refractivity contribution in [1.29, 1.82) is 0 Å². The largest absolute Gasteiger partial charge is 0.495 e. The van der Waals surface area contributed by atoms with Crippen molar-refractivity contribution < 1.29 is 13.2 Å². The number of methoxy groups -OCH3 is 1. The third-order valence-corrected chi connectivity index (χ3v) is 4.17. The van der Waals surface area contributed by atoms with Crippen molar-refractivity contribution in [3.63, 3.8) is 0 Å². The summed E-state index contributed by atoms with van der Waals surface area (Å²) in [5.41, 5.74) is 6.95. The van der Waals surface area contributed by atoms with E-state index in [1.807, 2.05) is 0 Å². The number of nitrogens with two attached hydrogens (primary N) is 1. The molecule has 0 fully saturated rings. The predicted molar refractivity (Wildman–Crippen MR) is 82.6 cm³/mol. The van der Waals surface area contributed by atoms with Crippen molar-refractivity contribution in [2.24, 2.45) is 0 Å². The van der Waals surface area contributed by atoms with Crippen LogP contribution in [0.15, 0.2) is 47.4 Å². The highest BCUT2D eigenvalue weighted by Crippen LogP contribution is 2.25. The molecule has 6 heteroatoms. The second kappa shape index (κ2) is 5.77. The molecular formula is C15H14N2O3S. The van der Waals surface area contributed by atoms with Crippen LogP contribution < -0.4 is 15.2 Å². The highest BCUT2D eigenvalue weighted by atomic mass is 32.2. The van der Waals surface area contributed by atoms with Gasteiger partial charge in [0.05, 0.1) is 23.4 Å². The molecule has 0 unspecified atom stereocenters. The molecule has 0 atom stereocenters. The van der Waals surface area contributed by atoms with Gasteiger partial charge in [-0.05, 0) is 36.4 Å². The minimum Gasteiger partial charge on any atom is -0.495 e. The van der Waals surface area contributed by atoms with Gasteiger partial charge in [0.2, 0.25) is 0 Å². The Morgan fingerprint density at radius 2 is 2.00 bits per heavy atom. The standard InChI is InChI=1S/C15H14N2O3S/c1-3-11-5-4-6-12(9-11)17-21(18,19)13-7-8-15(20-2)14(16)10-13/h1,4-10,17H,16H2,2H3. The molecule has 0 aliphatic heterocycles. The molecule has 5 nitrogen and oxygen atoms in total. The molecule has 0 spiro atoms. The van der Waals surface area contributed by atoms with Crippen LogP contribution in [-0.4, -0.2) is 15.5 Å². The highest BCUT2D eigenvalue weighted by molar-refractivity contribution is 7.92. The number of nitrogen functional groups attached to an aromatic ring is 1. The van der Waals surface area contributed by atoms with Crippen LogP contribution in [-0.2, 0) is 10.0 Å². The van der Waals surface area contributed by atoms with Crippen LogP contribution in [0.1, 0.15) is 5.56 Å². The number of hydrogen-bond donors (Lipinski definition) is 2. The summed E-state index contributed by atoms with van der Waals surface area (Å²) in [4.78, 5) is 0.0481. The smallest absolute Gasteiger partial charge is 0.261 e. The zero-order chi connectivity index (χ0) is 15.5. The molecule has 2 aromatic carbocycles. The lowest BCUT2D eigenvalue weighted by molar-refractivity contribution is 0.416. The first kappa shape index (κ1) is 14.8. The second-order valence-corrected chi connectivity index (χ2v) is 5.92. The summed E-state index contributed by atoms with van der Waals surface area (Å²) in [6.45, 7) is 0. The first-order valence-electron chi connectivity index (χ1n) is 5.99. The molecule has 0 amide bonds. The third-order valence-electron chi connectivity index (χ3n) is 2.79. The van der Waals surface area contributed by atoms with Crippen LogP contribution in [0.2, 0.25) is 0 Å². The number of nitrogens with one attached hydrogen (secondary N) is 1. The van der Waals surface area contributed by atoms with Gasteiger partial charge in [0.25, 0.3) is 10.0 Å². The van der Waals surface area contributed by atoms with Gasteiger partial charge in [-0.1, -0.05) is 12.0 Å². The van der Waals surface area contributed by atoms with E-state index in [2.05, 4.69) is 10.6 Å². The van der Waals surface area contributed by atoms with Crippen LogP contribution in [0.25, 0.3) is 0 Å². The molecule has 0 bridgehead atoms. The molecule has 0 saturated carbocycles. The molecule has 0 saturated heterocycles. The molecule has 0 aliphatic carbocycles. The molecule has 0 aliphatic rings. The van der Waals surface area contributed by atoms with Gasteiger partial charge >= 0.3 is 0 Å². The Labute approximate surface area is 123 Å². The average molecular weight is 302 g/mol. The van der Waals surface area contributed by atoms with E-state index in [1.54, 1.807) is 24.3 Å². The van der Waals surface area contributed by atoms with Gasteiger partial charge in [0.1, 0.15) is 5.75 Å². The van der Waals surface area contributed by atoms with E-state index in [0.29, 0.717) is 17.0 Å². The predicted octanol–water partition coefficient (Wildman–Crippen LogP) is 2.06. The Hall–Kier alpha value is -2.65. The van der Waals surface area contributed by atoms with E-state index in [4.69, 9.17) is 16.9 Å². The van der Waals surface area contributed by atoms with Crippen molar-refractivity contribution in [2.75, 3.05) is 17.6 Å². The number of anilines is 2. The van der Waals surface area contributed by atoms with Gasteiger partial charge in [-0.25, -0.2) is 8.42 Å². The molecule has 2 rings (SSSR count). The van der Waals surface area contributed by atoms with E-state index in [9.17, 15) is 8.42 Å². The second-order valence-electron chi connectivity index (χ2n) is 4.23. The average Bonchev–Trinajstić information content (AvgIpc) is 2.47. The van der Waals surface area contributed by atoms with Gasteiger partial charge in [0, 0.05) is 5.56 Å². The number of hydrogen-bond acceptors (Lipinski definition) is 4. The number of ether oxygens (including phenoxy) is 1. The Morgan fingerprint density at radius 3 is 2.62 bits per heavy atom. The van der Waals surface area contributed by atoms with Crippen LogP contribution in [0, 0.1) is 12.3 Å². The van der Waals surface area contributed by atoms with Crippen LogP contribution >= 0.6 is 0 Å². The molecule has 108 valence electrons. The fraction of sp³-hybridized carbons (Fsp3) is 0.0667. The number of rotatable bonds is 4. The van der Waals surface area contributed by atoms with E-state index >= 15 is 0 Å². The first-order chi connectivity index (χ1) is 9.96. The van der Waals surface area contributed by atoms with Gasteiger partial charge in [-0.2, -0.15) is 0 Å². The normalized spacial score (nSPS) is 10.7. The fourth-order valence-electron chi connectivity index (χ4n) is 1.77. The highest BCUT2D eigenvalue weighted by Gasteiger charge is 2.16. The van der Waals surface area contributed by atoms with Crippen LogP contribution in [0.5, 0.6) is 5.75 Å². The maximum absolute atomic E-state index is 12.3. The minimum atomic E-state index is -3.74. The monoisotopic (exact) mass is 302 g/mol. The topological polar surface area (TPSA) is 81.4 Å². The van der Waals surface area contributed by atoms with Crippen molar-refractivity contribution in [2.45, 2.75) is 4.90 Å². The Kier molecular flexibility index (Phi) is 4.05. The Balaban J connectivity index is 2.34. The lowest BCUT2D eigenvalue weighted by Gasteiger charge is -2.10. The summed E-state index contributed by atoms with van der Waals surface area (Å²) < 4.78 is 32.0.